The van der Waals surface area contributed by atoms with Crippen molar-refractivity contribution in [1.29, 1.82) is 0 Å². The third-order valence-corrected chi connectivity index (χ3v) is 3.34. The predicted octanol–water partition coefficient (Wildman–Crippen LogP) is 1.22. The van der Waals surface area contributed by atoms with Crippen LogP contribution in [0.1, 0.15) is 22.3 Å². The Hall–Kier alpha value is -1.55. The Morgan fingerprint density at radius 1 is 1.39 bits per heavy atom. The monoisotopic (exact) mass is 247 g/mol. The summed E-state index contributed by atoms with van der Waals surface area (Å²) in [6.07, 6.45) is 1.94. The van der Waals surface area contributed by atoms with E-state index in [1.54, 1.807) is 6.07 Å². The topological polar surface area (TPSA) is 49.6 Å². The molecular weight excluding hydrogens is 226 g/mol. The highest BCUT2D eigenvalue weighted by Gasteiger charge is 2.23. The SMILES string of the molecule is CN(C)CCCN1CCc2ccc(N)cc2C1=O. The van der Waals surface area contributed by atoms with Crippen LogP contribution in [-0.2, 0) is 6.42 Å². The van der Waals surface area contributed by atoms with Gasteiger partial charge in [0, 0.05) is 24.3 Å². The standard InChI is InChI=1S/C14H21N3O/c1-16(2)7-3-8-17-9-6-11-4-5-12(15)10-13(11)14(17)18/h4-5,10H,3,6-9,15H2,1-2H3. The average Bonchev–Trinajstić information content (AvgIpc) is 2.32. The van der Waals surface area contributed by atoms with Crippen LogP contribution in [0.25, 0.3) is 0 Å². The lowest BCUT2D eigenvalue weighted by atomic mass is 9.98. The van der Waals surface area contributed by atoms with Gasteiger partial charge < -0.3 is 15.5 Å². The summed E-state index contributed by atoms with van der Waals surface area (Å²) in [4.78, 5) is 16.4. The predicted molar refractivity (Wildman–Crippen MR) is 73.6 cm³/mol. The molecule has 0 fully saturated rings. The fraction of sp³-hybridized carbons (Fsp3) is 0.500. The quantitative estimate of drug-likeness (QED) is 0.814. The second-order valence-electron chi connectivity index (χ2n) is 5.12. The number of amides is 1. The molecule has 1 heterocycles. The summed E-state index contributed by atoms with van der Waals surface area (Å²) in [7, 11) is 4.10. The molecule has 0 aromatic heterocycles. The van der Waals surface area contributed by atoms with Crippen molar-refractivity contribution in [3.05, 3.63) is 29.3 Å². The number of fused-ring (bicyclic) bond motifs is 1. The first-order valence-corrected chi connectivity index (χ1v) is 6.40. The number of hydrogen-bond donors (Lipinski definition) is 1. The third kappa shape index (κ3) is 2.82. The van der Waals surface area contributed by atoms with Crippen molar-refractivity contribution in [3.63, 3.8) is 0 Å². The van der Waals surface area contributed by atoms with Gasteiger partial charge in [0.2, 0.25) is 0 Å². The number of nitrogen functional groups attached to an aromatic ring is 1. The van der Waals surface area contributed by atoms with Gasteiger partial charge in [-0.05, 0) is 51.2 Å². The molecule has 0 spiro atoms. The van der Waals surface area contributed by atoms with Crippen LogP contribution in [0.5, 0.6) is 0 Å². The zero-order valence-electron chi connectivity index (χ0n) is 11.1. The Morgan fingerprint density at radius 3 is 2.89 bits per heavy atom. The summed E-state index contributed by atoms with van der Waals surface area (Å²) in [6, 6.07) is 5.64. The molecule has 1 aromatic carbocycles. The second kappa shape index (κ2) is 5.40. The van der Waals surface area contributed by atoms with Gasteiger partial charge in [-0.1, -0.05) is 6.07 Å². The molecule has 0 bridgehead atoms. The maximum atomic E-state index is 12.3. The van der Waals surface area contributed by atoms with Gasteiger partial charge in [-0.25, -0.2) is 0 Å². The van der Waals surface area contributed by atoms with Crippen LogP contribution in [0.4, 0.5) is 5.69 Å². The Bertz CT molecular complexity index is 443. The summed E-state index contributed by atoms with van der Waals surface area (Å²) >= 11 is 0. The molecule has 0 saturated carbocycles. The number of benzene rings is 1. The number of nitrogens with two attached hydrogens (primary N) is 1. The molecule has 1 amide bonds. The van der Waals surface area contributed by atoms with Crippen LogP contribution in [0.3, 0.4) is 0 Å². The van der Waals surface area contributed by atoms with Crippen molar-refractivity contribution in [1.82, 2.24) is 9.80 Å². The lowest BCUT2D eigenvalue weighted by Crippen LogP contribution is -2.39. The van der Waals surface area contributed by atoms with E-state index >= 15 is 0 Å². The zero-order chi connectivity index (χ0) is 13.1. The van der Waals surface area contributed by atoms with Crippen molar-refractivity contribution in [2.24, 2.45) is 0 Å². The first-order chi connectivity index (χ1) is 8.58. The number of anilines is 1. The molecule has 4 heteroatoms. The number of nitrogens with zero attached hydrogens (tertiary/aromatic N) is 2. The summed E-state index contributed by atoms with van der Waals surface area (Å²) in [6.45, 7) is 2.65. The molecule has 1 aliphatic rings. The summed E-state index contributed by atoms with van der Waals surface area (Å²) < 4.78 is 0. The van der Waals surface area contributed by atoms with Gasteiger partial charge in [-0.2, -0.15) is 0 Å². The zero-order valence-corrected chi connectivity index (χ0v) is 11.1. The minimum Gasteiger partial charge on any atom is -0.399 e. The molecule has 2 rings (SSSR count). The smallest absolute Gasteiger partial charge is 0.254 e. The van der Waals surface area contributed by atoms with Crippen LogP contribution >= 0.6 is 0 Å². The van der Waals surface area contributed by atoms with E-state index in [0.29, 0.717) is 5.69 Å². The van der Waals surface area contributed by atoms with Crippen LogP contribution in [0.15, 0.2) is 18.2 Å². The summed E-state index contributed by atoms with van der Waals surface area (Å²) in [5.41, 5.74) is 8.32. The second-order valence-corrected chi connectivity index (χ2v) is 5.12. The van der Waals surface area contributed by atoms with Crippen molar-refractivity contribution >= 4 is 11.6 Å². The molecule has 0 unspecified atom stereocenters. The van der Waals surface area contributed by atoms with Gasteiger partial charge in [0.25, 0.3) is 5.91 Å². The lowest BCUT2D eigenvalue weighted by molar-refractivity contribution is 0.0734. The summed E-state index contributed by atoms with van der Waals surface area (Å²) in [5.74, 6) is 0.127. The number of carbonyl (C=O) groups is 1. The highest BCUT2D eigenvalue weighted by atomic mass is 16.2. The molecular formula is C14H21N3O. The Labute approximate surface area is 108 Å². The molecule has 2 N–H and O–H groups in total. The van der Waals surface area contributed by atoms with E-state index in [2.05, 4.69) is 4.90 Å². The van der Waals surface area contributed by atoms with E-state index < -0.39 is 0 Å². The van der Waals surface area contributed by atoms with E-state index in [4.69, 9.17) is 5.73 Å². The Kier molecular flexibility index (Phi) is 3.87. The van der Waals surface area contributed by atoms with Crippen molar-refractivity contribution in [2.45, 2.75) is 12.8 Å². The highest BCUT2D eigenvalue weighted by molar-refractivity contribution is 5.97. The van der Waals surface area contributed by atoms with Crippen LogP contribution in [0, 0.1) is 0 Å². The van der Waals surface area contributed by atoms with Gasteiger partial charge in [-0.15, -0.1) is 0 Å². The van der Waals surface area contributed by atoms with E-state index in [-0.39, 0.29) is 5.91 Å². The lowest BCUT2D eigenvalue weighted by Gasteiger charge is -2.29. The van der Waals surface area contributed by atoms with E-state index in [9.17, 15) is 4.79 Å². The molecule has 4 nitrogen and oxygen atoms in total. The van der Waals surface area contributed by atoms with Crippen LogP contribution < -0.4 is 5.73 Å². The maximum absolute atomic E-state index is 12.3. The Morgan fingerprint density at radius 2 is 2.17 bits per heavy atom. The Balaban J connectivity index is 2.03. The van der Waals surface area contributed by atoms with Crippen LogP contribution in [-0.4, -0.2) is 49.4 Å². The van der Waals surface area contributed by atoms with E-state index in [1.165, 1.54) is 0 Å². The minimum atomic E-state index is 0.127. The largest absolute Gasteiger partial charge is 0.399 e. The molecule has 0 atom stereocenters. The molecule has 0 saturated heterocycles. The molecule has 98 valence electrons. The molecule has 1 aromatic rings. The number of rotatable bonds is 4. The van der Waals surface area contributed by atoms with Crippen LogP contribution in [0.2, 0.25) is 0 Å². The molecule has 18 heavy (non-hydrogen) atoms. The van der Waals surface area contributed by atoms with Gasteiger partial charge in [0.15, 0.2) is 0 Å². The maximum Gasteiger partial charge on any atom is 0.254 e. The number of carbonyl (C=O) groups excluding carboxylic acids is 1. The van der Waals surface area contributed by atoms with E-state index in [0.717, 1.165) is 43.6 Å². The van der Waals surface area contributed by atoms with E-state index in [1.807, 2.05) is 31.1 Å². The average molecular weight is 247 g/mol. The van der Waals surface area contributed by atoms with Gasteiger partial charge in [0.05, 0.1) is 0 Å². The number of hydrogen-bond acceptors (Lipinski definition) is 3. The fourth-order valence-electron chi connectivity index (χ4n) is 2.33. The normalized spacial score (nSPS) is 15.1. The highest BCUT2D eigenvalue weighted by Crippen LogP contribution is 2.21. The van der Waals surface area contributed by atoms with Gasteiger partial charge >= 0.3 is 0 Å². The first kappa shape index (κ1) is 12.9. The van der Waals surface area contributed by atoms with Crippen molar-refractivity contribution < 1.29 is 4.79 Å². The van der Waals surface area contributed by atoms with Gasteiger partial charge in [0.1, 0.15) is 0 Å². The minimum absolute atomic E-state index is 0.127. The van der Waals surface area contributed by atoms with Gasteiger partial charge in [-0.3, -0.25) is 4.79 Å². The van der Waals surface area contributed by atoms with Crippen molar-refractivity contribution in [3.8, 4) is 0 Å². The third-order valence-electron chi connectivity index (χ3n) is 3.34. The first-order valence-electron chi connectivity index (χ1n) is 6.40. The van der Waals surface area contributed by atoms with Crippen molar-refractivity contribution in [2.75, 3.05) is 39.5 Å². The fourth-order valence-corrected chi connectivity index (χ4v) is 2.33. The molecule has 0 aliphatic carbocycles. The molecule has 1 aliphatic heterocycles. The summed E-state index contributed by atoms with van der Waals surface area (Å²) in [5, 5.41) is 0. The molecule has 0 radical (unpaired) electrons.